The maximum atomic E-state index is 13.1. The molecule has 1 atom stereocenters. The molecule has 1 unspecified atom stereocenters. The summed E-state index contributed by atoms with van der Waals surface area (Å²) in [7, 11) is -3.52. The molecule has 1 aliphatic heterocycles. The summed E-state index contributed by atoms with van der Waals surface area (Å²) in [4.78, 5) is 4.60. The van der Waals surface area contributed by atoms with Gasteiger partial charge in [0.15, 0.2) is 0 Å². The highest BCUT2D eigenvalue weighted by Gasteiger charge is 2.33. The van der Waals surface area contributed by atoms with E-state index in [1.54, 1.807) is 28.7 Å². The van der Waals surface area contributed by atoms with E-state index in [0.29, 0.717) is 35.3 Å². The Hall–Kier alpha value is -1.50. The lowest BCUT2D eigenvalue weighted by atomic mass is 10.0. The molecule has 1 saturated heterocycles. The highest BCUT2D eigenvalue weighted by atomic mass is 32.2. The Labute approximate surface area is 131 Å². The standard InChI is InChI=1S/C16H21N3O2S/c17-10-9-13-5-1-2-12-19(13)22(20,21)16-8-3-7-15-14(16)6-4-11-18-15/h3-4,6-8,11,13H,1-2,5,9-10,12,17H2. The van der Waals surface area contributed by atoms with Gasteiger partial charge in [-0.2, -0.15) is 4.31 Å². The maximum absolute atomic E-state index is 13.1. The topological polar surface area (TPSA) is 76.3 Å². The molecular weight excluding hydrogens is 298 g/mol. The largest absolute Gasteiger partial charge is 0.330 e. The van der Waals surface area contributed by atoms with Gasteiger partial charge in [-0.15, -0.1) is 0 Å². The molecule has 0 amide bonds. The van der Waals surface area contributed by atoms with Crippen molar-refractivity contribution in [3.63, 3.8) is 0 Å². The lowest BCUT2D eigenvalue weighted by molar-refractivity contribution is 0.243. The van der Waals surface area contributed by atoms with E-state index >= 15 is 0 Å². The van der Waals surface area contributed by atoms with E-state index < -0.39 is 10.0 Å². The molecule has 118 valence electrons. The number of pyridine rings is 1. The zero-order chi connectivity index (χ0) is 15.6. The Balaban J connectivity index is 2.07. The minimum Gasteiger partial charge on any atom is -0.330 e. The van der Waals surface area contributed by atoms with Crippen molar-refractivity contribution in [2.24, 2.45) is 5.73 Å². The summed E-state index contributed by atoms with van der Waals surface area (Å²) in [6.45, 7) is 1.08. The zero-order valence-corrected chi connectivity index (χ0v) is 13.3. The van der Waals surface area contributed by atoms with Crippen LogP contribution in [-0.2, 0) is 10.0 Å². The van der Waals surface area contributed by atoms with Gasteiger partial charge in [-0.05, 0) is 50.1 Å². The van der Waals surface area contributed by atoms with E-state index in [1.165, 1.54) is 0 Å². The fourth-order valence-electron chi connectivity index (χ4n) is 3.20. The molecule has 0 aliphatic carbocycles. The molecule has 2 heterocycles. The van der Waals surface area contributed by atoms with Crippen LogP contribution in [0.3, 0.4) is 0 Å². The molecule has 0 bridgehead atoms. The fourth-order valence-corrected chi connectivity index (χ4v) is 5.12. The van der Waals surface area contributed by atoms with Crippen molar-refractivity contribution < 1.29 is 8.42 Å². The van der Waals surface area contributed by atoms with Crippen LogP contribution in [0.1, 0.15) is 25.7 Å². The van der Waals surface area contributed by atoms with Crippen LogP contribution in [-0.4, -0.2) is 36.8 Å². The molecule has 3 rings (SSSR count). The van der Waals surface area contributed by atoms with Crippen LogP contribution in [0.15, 0.2) is 41.4 Å². The SMILES string of the molecule is NCCC1CCCCN1S(=O)(=O)c1cccc2ncccc12. The van der Waals surface area contributed by atoms with E-state index in [9.17, 15) is 8.42 Å². The fraction of sp³-hybridized carbons (Fsp3) is 0.438. The minimum absolute atomic E-state index is 0.00989. The highest BCUT2D eigenvalue weighted by Crippen LogP contribution is 2.30. The molecule has 1 fully saturated rings. The third-order valence-electron chi connectivity index (χ3n) is 4.27. The third-order valence-corrected chi connectivity index (χ3v) is 6.28. The minimum atomic E-state index is -3.52. The number of fused-ring (bicyclic) bond motifs is 1. The van der Waals surface area contributed by atoms with Crippen LogP contribution in [0, 0.1) is 0 Å². The predicted octanol–water partition coefficient (Wildman–Crippen LogP) is 2.13. The molecule has 1 aliphatic rings. The molecule has 0 spiro atoms. The number of aromatic nitrogens is 1. The average molecular weight is 319 g/mol. The smallest absolute Gasteiger partial charge is 0.243 e. The molecular formula is C16H21N3O2S. The molecule has 2 aromatic rings. The Bertz CT molecular complexity index is 754. The molecule has 5 nitrogen and oxygen atoms in total. The van der Waals surface area contributed by atoms with Crippen molar-refractivity contribution >= 4 is 20.9 Å². The number of hydrogen-bond donors (Lipinski definition) is 1. The molecule has 6 heteroatoms. The number of piperidine rings is 1. The predicted molar refractivity (Wildman–Crippen MR) is 86.9 cm³/mol. The summed E-state index contributed by atoms with van der Waals surface area (Å²) in [6, 6.07) is 8.86. The first-order chi connectivity index (χ1) is 10.6. The monoisotopic (exact) mass is 319 g/mol. The number of benzene rings is 1. The Morgan fingerprint density at radius 2 is 2.09 bits per heavy atom. The van der Waals surface area contributed by atoms with Gasteiger partial charge >= 0.3 is 0 Å². The lowest BCUT2D eigenvalue weighted by Crippen LogP contribution is -2.44. The Kier molecular flexibility index (Phi) is 4.42. The number of hydrogen-bond acceptors (Lipinski definition) is 4. The van der Waals surface area contributed by atoms with Gasteiger partial charge in [0, 0.05) is 24.2 Å². The van der Waals surface area contributed by atoms with Gasteiger partial charge in [0.2, 0.25) is 10.0 Å². The molecule has 0 saturated carbocycles. The molecule has 1 aromatic carbocycles. The van der Waals surface area contributed by atoms with Crippen LogP contribution in [0.25, 0.3) is 10.9 Å². The van der Waals surface area contributed by atoms with Gasteiger partial charge in [-0.3, -0.25) is 4.98 Å². The van der Waals surface area contributed by atoms with Gasteiger partial charge in [0.25, 0.3) is 0 Å². The molecule has 0 radical (unpaired) electrons. The van der Waals surface area contributed by atoms with Gasteiger partial charge < -0.3 is 5.73 Å². The Morgan fingerprint density at radius 1 is 1.23 bits per heavy atom. The number of nitrogens with two attached hydrogens (primary N) is 1. The second kappa shape index (κ2) is 6.32. The second-order valence-corrected chi connectivity index (χ2v) is 7.53. The molecule has 2 N–H and O–H groups in total. The van der Waals surface area contributed by atoms with Crippen molar-refractivity contribution in [3.8, 4) is 0 Å². The normalized spacial score (nSPS) is 20.3. The van der Waals surface area contributed by atoms with Crippen LogP contribution < -0.4 is 5.73 Å². The number of nitrogens with zero attached hydrogens (tertiary/aromatic N) is 2. The van der Waals surface area contributed by atoms with Crippen molar-refractivity contribution in [2.45, 2.75) is 36.6 Å². The Morgan fingerprint density at radius 3 is 2.91 bits per heavy atom. The van der Waals surface area contributed by atoms with Crippen LogP contribution >= 0.6 is 0 Å². The summed E-state index contributed by atoms with van der Waals surface area (Å²) in [5.74, 6) is 0. The summed E-state index contributed by atoms with van der Waals surface area (Å²) in [5, 5.41) is 0.682. The van der Waals surface area contributed by atoms with Gasteiger partial charge in [0.1, 0.15) is 0 Å². The van der Waals surface area contributed by atoms with E-state index in [4.69, 9.17) is 5.73 Å². The summed E-state index contributed by atoms with van der Waals surface area (Å²) in [6.07, 6.45) is 5.25. The van der Waals surface area contributed by atoms with Crippen molar-refractivity contribution in [1.29, 1.82) is 0 Å². The molecule has 22 heavy (non-hydrogen) atoms. The van der Waals surface area contributed by atoms with E-state index in [2.05, 4.69) is 4.98 Å². The van der Waals surface area contributed by atoms with Gasteiger partial charge in [-0.1, -0.05) is 12.5 Å². The summed E-state index contributed by atoms with van der Waals surface area (Å²) >= 11 is 0. The third kappa shape index (κ3) is 2.74. The van der Waals surface area contributed by atoms with E-state index in [0.717, 1.165) is 19.3 Å². The van der Waals surface area contributed by atoms with Crippen molar-refractivity contribution in [1.82, 2.24) is 9.29 Å². The average Bonchev–Trinajstić information content (AvgIpc) is 2.55. The summed E-state index contributed by atoms with van der Waals surface area (Å²) in [5.41, 5.74) is 6.37. The second-order valence-electron chi connectivity index (χ2n) is 5.67. The maximum Gasteiger partial charge on any atom is 0.243 e. The highest BCUT2D eigenvalue weighted by molar-refractivity contribution is 7.89. The van der Waals surface area contributed by atoms with Crippen molar-refractivity contribution in [2.75, 3.05) is 13.1 Å². The quantitative estimate of drug-likeness (QED) is 0.936. The van der Waals surface area contributed by atoms with E-state index in [-0.39, 0.29) is 6.04 Å². The zero-order valence-electron chi connectivity index (χ0n) is 12.5. The summed E-state index contributed by atoms with van der Waals surface area (Å²) < 4.78 is 27.9. The number of rotatable bonds is 4. The molecule has 1 aromatic heterocycles. The van der Waals surface area contributed by atoms with Crippen molar-refractivity contribution in [3.05, 3.63) is 36.5 Å². The van der Waals surface area contributed by atoms with Gasteiger partial charge in [-0.25, -0.2) is 8.42 Å². The van der Waals surface area contributed by atoms with Crippen LogP contribution in [0.4, 0.5) is 0 Å². The van der Waals surface area contributed by atoms with Crippen LogP contribution in [0.5, 0.6) is 0 Å². The van der Waals surface area contributed by atoms with Crippen LogP contribution in [0.2, 0.25) is 0 Å². The lowest BCUT2D eigenvalue weighted by Gasteiger charge is -2.34. The van der Waals surface area contributed by atoms with E-state index in [1.807, 2.05) is 12.1 Å². The number of sulfonamides is 1. The van der Waals surface area contributed by atoms with Gasteiger partial charge in [0.05, 0.1) is 10.4 Å². The first-order valence-electron chi connectivity index (χ1n) is 7.70. The first-order valence-corrected chi connectivity index (χ1v) is 9.14. The first kappa shape index (κ1) is 15.4.